The van der Waals surface area contributed by atoms with Crippen LogP contribution >= 0.6 is 0 Å². The van der Waals surface area contributed by atoms with Gasteiger partial charge in [0.25, 0.3) is 0 Å². The number of piperidine rings is 1. The number of hydrogen-bond donors (Lipinski definition) is 0. The highest BCUT2D eigenvalue weighted by Gasteiger charge is 2.29. The number of benzene rings is 2. The Hall–Kier alpha value is -2.27. The zero-order valence-electron chi connectivity index (χ0n) is 16.2. The van der Waals surface area contributed by atoms with Gasteiger partial charge in [-0.25, -0.2) is 8.78 Å². The molecule has 2 aromatic rings. The van der Waals surface area contributed by atoms with Crippen molar-refractivity contribution in [3.05, 3.63) is 71.3 Å². The SMILES string of the molecule is COC(=O)C1CCCCN1CCCC(c1ccc(F)cc1)c1ccc(F)cc1. The molecule has 0 radical (unpaired) electrons. The molecule has 1 unspecified atom stereocenters. The third-order valence-corrected chi connectivity index (χ3v) is 5.57. The lowest BCUT2D eigenvalue weighted by molar-refractivity contribution is -0.148. The number of likely N-dealkylation sites (tertiary alicyclic amines) is 1. The van der Waals surface area contributed by atoms with Gasteiger partial charge in [-0.3, -0.25) is 9.69 Å². The number of carbonyl (C=O) groups excluding carboxylic acids is 1. The molecule has 3 rings (SSSR count). The molecule has 3 nitrogen and oxygen atoms in total. The van der Waals surface area contributed by atoms with Gasteiger partial charge in [-0.05, 0) is 74.2 Å². The first kappa shape index (κ1) is 20.5. The number of esters is 1. The largest absolute Gasteiger partial charge is 0.468 e. The molecule has 150 valence electrons. The van der Waals surface area contributed by atoms with E-state index in [0.717, 1.165) is 56.3 Å². The fraction of sp³-hybridized carbons (Fsp3) is 0.435. The maximum Gasteiger partial charge on any atom is 0.323 e. The van der Waals surface area contributed by atoms with Crippen LogP contribution in [0.1, 0.15) is 49.1 Å². The van der Waals surface area contributed by atoms with Crippen LogP contribution in [0.5, 0.6) is 0 Å². The zero-order valence-corrected chi connectivity index (χ0v) is 16.2. The summed E-state index contributed by atoms with van der Waals surface area (Å²) in [5, 5.41) is 0. The quantitative estimate of drug-likeness (QED) is 0.633. The molecule has 0 bridgehead atoms. The van der Waals surface area contributed by atoms with Crippen molar-refractivity contribution >= 4 is 5.97 Å². The van der Waals surface area contributed by atoms with Gasteiger partial charge >= 0.3 is 5.97 Å². The topological polar surface area (TPSA) is 29.5 Å². The van der Waals surface area contributed by atoms with E-state index in [-0.39, 0.29) is 29.6 Å². The predicted molar refractivity (Wildman–Crippen MR) is 105 cm³/mol. The van der Waals surface area contributed by atoms with E-state index < -0.39 is 0 Å². The Morgan fingerprint density at radius 3 is 2.14 bits per heavy atom. The Morgan fingerprint density at radius 2 is 1.61 bits per heavy atom. The summed E-state index contributed by atoms with van der Waals surface area (Å²) in [5.41, 5.74) is 2.02. The molecule has 1 aliphatic rings. The Bertz CT molecular complexity index is 716. The molecule has 1 fully saturated rings. The van der Waals surface area contributed by atoms with Crippen LogP contribution < -0.4 is 0 Å². The minimum absolute atomic E-state index is 0.0579. The summed E-state index contributed by atoms with van der Waals surface area (Å²) in [4.78, 5) is 14.3. The fourth-order valence-electron chi connectivity index (χ4n) is 4.08. The normalized spacial score (nSPS) is 17.6. The molecule has 0 aliphatic carbocycles. The van der Waals surface area contributed by atoms with Gasteiger partial charge in [-0.15, -0.1) is 0 Å². The van der Waals surface area contributed by atoms with Crippen LogP contribution in [-0.2, 0) is 9.53 Å². The summed E-state index contributed by atoms with van der Waals surface area (Å²) < 4.78 is 31.7. The Labute approximate surface area is 165 Å². The van der Waals surface area contributed by atoms with Crippen molar-refractivity contribution in [3.63, 3.8) is 0 Å². The first-order valence-electron chi connectivity index (χ1n) is 9.91. The Kier molecular flexibility index (Phi) is 7.15. The fourth-order valence-corrected chi connectivity index (χ4v) is 4.08. The van der Waals surface area contributed by atoms with E-state index in [2.05, 4.69) is 4.90 Å². The highest BCUT2D eigenvalue weighted by molar-refractivity contribution is 5.75. The lowest BCUT2D eigenvalue weighted by Gasteiger charge is -2.34. The highest BCUT2D eigenvalue weighted by atomic mass is 19.1. The van der Waals surface area contributed by atoms with E-state index in [1.165, 1.54) is 31.4 Å². The second-order valence-corrected chi connectivity index (χ2v) is 7.37. The van der Waals surface area contributed by atoms with Crippen LogP contribution in [0.2, 0.25) is 0 Å². The maximum atomic E-state index is 13.4. The van der Waals surface area contributed by atoms with Gasteiger partial charge in [0.2, 0.25) is 0 Å². The number of methoxy groups -OCH3 is 1. The Balaban J connectivity index is 1.70. The number of carbonyl (C=O) groups is 1. The van der Waals surface area contributed by atoms with Gasteiger partial charge in [0.1, 0.15) is 17.7 Å². The van der Waals surface area contributed by atoms with Gasteiger partial charge in [0.05, 0.1) is 7.11 Å². The van der Waals surface area contributed by atoms with Crippen molar-refractivity contribution in [2.75, 3.05) is 20.2 Å². The van der Waals surface area contributed by atoms with Crippen molar-refractivity contribution in [1.29, 1.82) is 0 Å². The molecule has 0 N–H and O–H groups in total. The number of ether oxygens (including phenoxy) is 1. The monoisotopic (exact) mass is 387 g/mol. The van der Waals surface area contributed by atoms with Gasteiger partial charge in [-0.2, -0.15) is 0 Å². The molecular formula is C23H27F2NO2. The molecule has 1 aliphatic heterocycles. The van der Waals surface area contributed by atoms with Crippen LogP contribution in [0.25, 0.3) is 0 Å². The molecule has 0 amide bonds. The van der Waals surface area contributed by atoms with Crippen LogP contribution in [0, 0.1) is 11.6 Å². The Morgan fingerprint density at radius 1 is 1.04 bits per heavy atom. The minimum atomic E-state index is -0.268. The molecule has 0 saturated carbocycles. The molecule has 0 spiro atoms. The van der Waals surface area contributed by atoms with Crippen LogP contribution in [0.3, 0.4) is 0 Å². The van der Waals surface area contributed by atoms with Gasteiger partial charge in [0, 0.05) is 5.92 Å². The predicted octanol–water partition coefficient (Wildman–Crippen LogP) is 4.90. The van der Waals surface area contributed by atoms with Gasteiger partial charge in [-0.1, -0.05) is 30.7 Å². The van der Waals surface area contributed by atoms with E-state index in [1.807, 2.05) is 0 Å². The van der Waals surface area contributed by atoms with E-state index in [9.17, 15) is 13.6 Å². The molecule has 5 heteroatoms. The number of hydrogen-bond acceptors (Lipinski definition) is 3. The summed E-state index contributed by atoms with van der Waals surface area (Å²) in [7, 11) is 1.44. The molecule has 28 heavy (non-hydrogen) atoms. The van der Waals surface area contributed by atoms with Crippen LogP contribution in [-0.4, -0.2) is 37.1 Å². The second-order valence-electron chi connectivity index (χ2n) is 7.37. The highest BCUT2D eigenvalue weighted by Crippen LogP contribution is 2.30. The lowest BCUT2D eigenvalue weighted by atomic mass is 9.87. The standard InChI is InChI=1S/C23H27F2NO2/c1-28-23(27)22-6-2-3-15-26(22)16-4-5-21(17-7-11-19(24)12-8-17)18-9-13-20(25)14-10-18/h7-14,21-22H,2-6,15-16H2,1H3. The second kappa shape index (κ2) is 9.78. The third kappa shape index (κ3) is 5.16. The van der Waals surface area contributed by atoms with Crippen LogP contribution in [0.15, 0.2) is 48.5 Å². The average molecular weight is 387 g/mol. The minimum Gasteiger partial charge on any atom is -0.468 e. The van der Waals surface area contributed by atoms with Crippen LogP contribution in [0.4, 0.5) is 8.78 Å². The average Bonchev–Trinajstić information content (AvgIpc) is 2.73. The van der Waals surface area contributed by atoms with Crippen molar-refractivity contribution in [2.45, 2.75) is 44.1 Å². The lowest BCUT2D eigenvalue weighted by Crippen LogP contribution is -2.45. The first-order chi connectivity index (χ1) is 13.6. The van der Waals surface area contributed by atoms with E-state index in [4.69, 9.17) is 4.74 Å². The first-order valence-corrected chi connectivity index (χ1v) is 9.91. The van der Waals surface area contributed by atoms with E-state index in [0.29, 0.717) is 0 Å². The maximum absolute atomic E-state index is 13.4. The van der Waals surface area contributed by atoms with Gasteiger partial charge in [0.15, 0.2) is 0 Å². The number of halogens is 2. The van der Waals surface area contributed by atoms with Gasteiger partial charge < -0.3 is 4.74 Å². The summed E-state index contributed by atoms with van der Waals surface area (Å²) in [6.07, 6.45) is 4.69. The number of nitrogens with zero attached hydrogens (tertiary/aromatic N) is 1. The summed E-state index contributed by atoms with van der Waals surface area (Å²) in [5.74, 6) is -0.637. The molecule has 1 heterocycles. The third-order valence-electron chi connectivity index (χ3n) is 5.57. The zero-order chi connectivity index (χ0) is 19.9. The van der Waals surface area contributed by atoms with E-state index in [1.54, 1.807) is 24.3 Å². The summed E-state index contributed by atoms with van der Waals surface area (Å²) in [6, 6.07) is 12.9. The molecule has 2 aromatic carbocycles. The van der Waals surface area contributed by atoms with E-state index >= 15 is 0 Å². The molecular weight excluding hydrogens is 360 g/mol. The van der Waals surface area contributed by atoms with Crippen molar-refractivity contribution in [2.24, 2.45) is 0 Å². The number of rotatable bonds is 7. The molecule has 1 atom stereocenters. The summed E-state index contributed by atoms with van der Waals surface area (Å²) in [6.45, 7) is 1.70. The van der Waals surface area contributed by atoms with Crippen molar-refractivity contribution in [1.82, 2.24) is 4.90 Å². The summed E-state index contributed by atoms with van der Waals surface area (Å²) >= 11 is 0. The molecule has 1 saturated heterocycles. The van der Waals surface area contributed by atoms with Crippen molar-refractivity contribution < 1.29 is 18.3 Å². The molecule has 0 aromatic heterocycles. The van der Waals surface area contributed by atoms with Crippen molar-refractivity contribution in [3.8, 4) is 0 Å². The smallest absolute Gasteiger partial charge is 0.323 e.